The Kier molecular flexibility index (Phi) is 5.12. The van der Waals surface area contributed by atoms with E-state index in [4.69, 9.17) is 4.74 Å². The molecule has 3 aliphatic carbocycles. The number of rotatable bonds is 3. The maximum atomic E-state index is 13.1. The fraction of sp³-hybridized carbons (Fsp3) is 0.591. The zero-order chi connectivity index (χ0) is 21.9. The monoisotopic (exact) mass is 404 g/mol. The summed E-state index contributed by atoms with van der Waals surface area (Å²) in [5.41, 5.74) is -1.91. The summed E-state index contributed by atoms with van der Waals surface area (Å²) in [6.45, 7) is 10.1. The van der Waals surface area contributed by atoms with Gasteiger partial charge < -0.3 is 20.1 Å². The highest BCUT2D eigenvalue weighted by atomic mass is 16.6. The molecule has 158 valence electrons. The van der Waals surface area contributed by atoms with Crippen molar-refractivity contribution in [1.82, 2.24) is 0 Å². The second-order valence-corrected chi connectivity index (χ2v) is 9.06. The molecule has 0 unspecified atom stereocenters. The van der Waals surface area contributed by atoms with E-state index in [1.807, 2.05) is 0 Å². The molecular formula is C22H28O7. The number of fused-ring (bicyclic) bond motifs is 2. The maximum Gasteiger partial charge on any atom is 0.303 e. The van der Waals surface area contributed by atoms with Gasteiger partial charge in [-0.2, -0.15) is 0 Å². The lowest BCUT2D eigenvalue weighted by Crippen LogP contribution is -2.63. The highest BCUT2D eigenvalue weighted by Crippen LogP contribution is 2.61. The van der Waals surface area contributed by atoms with Crippen LogP contribution in [-0.2, 0) is 19.1 Å². The highest BCUT2D eigenvalue weighted by Gasteiger charge is 2.64. The molecule has 0 aromatic heterocycles. The van der Waals surface area contributed by atoms with Crippen LogP contribution < -0.4 is 0 Å². The number of aliphatic hydroxyl groups excluding tert-OH is 3. The molecule has 0 aromatic carbocycles. The molecule has 0 aromatic rings. The Balaban J connectivity index is 2.33. The second kappa shape index (κ2) is 6.92. The van der Waals surface area contributed by atoms with Gasteiger partial charge in [-0.15, -0.1) is 6.58 Å². The summed E-state index contributed by atoms with van der Waals surface area (Å²) in [5.74, 6) is -3.29. The van der Waals surface area contributed by atoms with E-state index >= 15 is 0 Å². The van der Waals surface area contributed by atoms with E-state index in [1.54, 1.807) is 20.8 Å². The van der Waals surface area contributed by atoms with Gasteiger partial charge in [0.25, 0.3) is 0 Å². The highest BCUT2D eigenvalue weighted by molar-refractivity contribution is 6.50. The van der Waals surface area contributed by atoms with Crippen molar-refractivity contribution in [2.75, 3.05) is 0 Å². The molecular weight excluding hydrogens is 376 g/mol. The quantitative estimate of drug-likeness (QED) is 0.284. The van der Waals surface area contributed by atoms with Gasteiger partial charge in [-0.3, -0.25) is 14.4 Å². The Morgan fingerprint density at radius 1 is 1.24 bits per heavy atom. The molecule has 0 aliphatic heterocycles. The first kappa shape index (κ1) is 21.5. The van der Waals surface area contributed by atoms with E-state index in [1.165, 1.54) is 13.0 Å². The summed E-state index contributed by atoms with van der Waals surface area (Å²) in [7, 11) is 0. The van der Waals surface area contributed by atoms with Crippen molar-refractivity contribution < 1.29 is 34.4 Å². The van der Waals surface area contributed by atoms with E-state index in [9.17, 15) is 29.7 Å². The Morgan fingerprint density at radius 3 is 2.41 bits per heavy atom. The van der Waals surface area contributed by atoms with Crippen LogP contribution in [0.2, 0.25) is 0 Å². The van der Waals surface area contributed by atoms with Crippen LogP contribution in [0.3, 0.4) is 0 Å². The number of hydrogen-bond acceptors (Lipinski definition) is 7. The molecule has 0 saturated heterocycles. The molecule has 0 radical (unpaired) electrons. The summed E-state index contributed by atoms with van der Waals surface area (Å²) >= 11 is 0. The van der Waals surface area contributed by atoms with Crippen LogP contribution in [0.1, 0.15) is 47.0 Å². The fourth-order valence-electron chi connectivity index (χ4n) is 5.68. The second-order valence-electron chi connectivity index (χ2n) is 9.06. The molecule has 1 saturated carbocycles. The lowest BCUT2D eigenvalue weighted by molar-refractivity contribution is -0.188. The SMILES string of the molecule is C=CCC1=C(O)C2=C(C(=O)C1=O)[C@@]1(C)CC[C@H](O)C(C)(C)[C@H]1[C@H](OC(C)=O)[C@@H]2O. The van der Waals surface area contributed by atoms with Crippen molar-refractivity contribution in [2.45, 2.75) is 65.3 Å². The van der Waals surface area contributed by atoms with Gasteiger partial charge in [0, 0.05) is 35.0 Å². The minimum Gasteiger partial charge on any atom is -0.507 e. The smallest absolute Gasteiger partial charge is 0.303 e. The van der Waals surface area contributed by atoms with Gasteiger partial charge in [0.2, 0.25) is 11.6 Å². The largest absolute Gasteiger partial charge is 0.507 e. The van der Waals surface area contributed by atoms with Crippen LogP contribution in [-0.4, -0.2) is 51.2 Å². The third-order valence-corrected chi connectivity index (χ3v) is 6.96. The van der Waals surface area contributed by atoms with E-state index in [-0.39, 0.29) is 23.1 Å². The van der Waals surface area contributed by atoms with Crippen LogP contribution in [0.5, 0.6) is 0 Å². The van der Waals surface area contributed by atoms with Gasteiger partial charge in [-0.05, 0) is 24.7 Å². The van der Waals surface area contributed by atoms with Gasteiger partial charge in [-0.1, -0.05) is 26.8 Å². The number of hydrogen-bond donors (Lipinski definition) is 3. The Morgan fingerprint density at radius 2 is 1.86 bits per heavy atom. The topological polar surface area (TPSA) is 121 Å². The summed E-state index contributed by atoms with van der Waals surface area (Å²) < 4.78 is 5.49. The average molecular weight is 404 g/mol. The molecule has 7 heteroatoms. The number of carbonyl (C=O) groups is 3. The number of esters is 1. The molecule has 0 heterocycles. The Labute approximate surface area is 169 Å². The van der Waals surface area contributed by atoms with E-state index < -0.39 is 58.4 Å². The van der Waals surface area contributed by atoms with Gasteiger partial charge in [0.15, 0.2) is 0 Å². The van der Waals surface area contributed by atoms with Crippen LogP contribution in [0.15, 0.2) is 35.1 Å². The van der Waals surface area contributed by atoms with Crippen LogP contribution >= 0.6 is 0 Å². The minimum atomic E-state index is -1.51. The summed E-state index contributed by atoms with van der Waals surface area (Å²) in [6.07, 6.45) is -1.26. The molecule has 0 spiro atoms. The van der Waals surface area contributed by atoms with Gasteiger partial charge in [0.05, 0.1) is 6.10 Å². The Hall–Kier alpha value is -2.25. The van der Waals surface area contributed by atoms with E-state index in [0.717, 1.165) is 0 Å². The molecule has 7 nitrogen and oxygen atoms in total. The maximum absolute atomic E-state index is 13.1. The van der Waals surface area contributed by atoms with Gasteiger partial charge in [-0.25, -0.2) is 0 Å². The molecule has 3 rings (SSSR count). The summed E-state index contributed by atoms with van der Waals surface area (Å²) in [5, 5.41) is 32.6. The van der Waals surface area contributed by atoms with Crippen molar-refractivity contribution >= 4 is 17.5 Å². The number of Topliss-reactive ketones (excluding diaryl/α,β-unsaturated/α-hetero) is 2. The van der Waals surface area contributed by atoms with Crippen molar-refractivity contribution in [3.63, 3.8) is 0 Å². The number of ketones is 2. The summed E-state index contributed by atoms with van der Waals surface area (Å²) in [4.78, 5) is 37.7. The van der Waals surface area contributed by atoms with Crippen LogP contribution in [0.25, 0.3) is 0 Å². The lowest BCUT2D eigenvalue weighted by atomic mass is 9.46. The van der Waals surface area contributed by atoms with Gasteiger partial charge >= 0.3 is 5.97 Å². The summed E-state index contributed by atoms with van der Waals surface area (Å²) in [6, 6.07) is 0. The minimum absolute atomic E-state index is 0.0253. The van der Waals surface area contributed by atoms with Crippen LogP contribution in [0.4, 0.5) is 0 Å². The predicted molar refractivity (Wildman–Crippen MR) is 104 cm³/mol. The lowest BCUT2D eigenvalue weighted by Gasteiger charge is -2.59. The first-order valence-corrected chi connectivity index (χ1v) is 9.80. The van der Waals surface area contributed by atoms with Gasteiger partial charge in [0.1, 0.15) is 18.0 Å². The molecule has 0 bridgehead atoms. The predicted octanol–water partition coefficient (Wildman–Crippen LogP) is 1.93. The third kappa shape index (κ3) is 2.90. The van der Waals surface area contributed by atoms with E-state index in [2.05, 4.69) is 6.58 Å². The number of ether oxygens (including phenoxy) is 1. The number of aliphatic hydroxyl groups is 3. The average Bonchev–Trinajstić information content (AvgIpc) is 2.62. The fourth-order valence-corrected chi connectivity index (χ4v) is 5.68. The number of allylic oxidation sites excluding steroid dienone is 3. The molecule has 3 aliphatic rings. The Bertz CT molecular complexity index is 862. The number of carbonyl (C=O) groups excluding carboxylic acids is 3. The normalized spacial score (nSPS) is 36.5. The molecule has 29 heavy (non-hydrogen) atoms. The molecule has 3 N–H and O–H groups in total. The third-order valence-electron chi connectivity index (χ3n) is 6.96. The van der Waals surface area contributed by atoms with Crippen LogP contribution in [0, 0.1) is 16.7 Å². The molecule has 5 atom stereocenters. The van der Waals surface area contributed by atoms with Crippen molar-refractivity contribution in [2.24, 2.45) is 16.7 Å². The van der Waals surface area contributed by atoms with Crippen molar-refractivity contribution in [1.29, 1.82) is 0 Å². The standard InChI is InChI=1S/C22H28O7/c1-6-7-11-15(25)13-14(18(28)16(11)26)22(5)9-8-12(24)21(3,4)20(22)19(17(13)27)29-10(2)23/h6,12,17,19-20,24-25,27H,1,7-9H2,2-5H3/t12-,17+,19+,20+,22+/m0/s1. The van der Waals surface area contributed by atoms with E-state index in [0.29, 0.717) is 12.8 Å². The molecule has 0 amide bonds. The first-order chi connectivity index (χ1) is 13.4. The van der Waals surface area contributed by atoms with Crippen molar-refractivity contribution in [3.8, 4) is 0 Å². The molecule has 1 fully saturated rings. The van der Waals surface area contributed by atoms with Crippen molar-refractivity contribution in [3.05, 3.63) is 35.1 Å². The first-order valence-electron chi connectivity index (χ1n) is 9.80. The zero-order valence-corrected chi connectivity index (χ0v) is 17.2. The zero-order valence-electron chi connectivity index (χ0n) is 17.2.